The second-order valence-corrected chi connectivity index (χ2v) is 4.99. The zero-order valence-electron chi connectivity index (χ0n) is 8.88. The number of thiazole rings is 1. The molecule has 2 N–H and O–H groups in total. The summed E-state index contributed by atoms with van der Waals surface area (Å²) in [6.07, 6.45) is 0. The van der Waals surface area contributed by atoms with Gasteiger partial charge < -0.3 is 5.11 Å². The Hall–Kier alpha value is -1.73. The van der Waals surface area contributed by atoms with Crippen molar-refractivity contribution in [3.8, 4) is 0 Å². The van der Waals surface area contributed by atoms with Crippen molar-refractivity contribution in [3.05, 3.63) is 45.4 Å². The van der Waals surface area contributed by atoms with Crippen LogP contribution in [0.25, 0.3) is 0 Å². The van der Waals surface area contributed by atoms with Crippen LogP contribution in [0.3, 0.4) is 0 Å². The number of rotatable bonds is 3. The molecule has 0 saturated carbocycles. The number of anilines is 1. The molecule has 0 aliphatic rings. The number of carbonyl (C=O) groups is 2. The van der Waals surface area contributed by atoms with E-state index in [1.54, 1.807) is 24.3 Å². The summed E-state index contributed by atoms with van der Waals surface area (Å²) < 4.78 is 0.664. The molecule has 0 atom stereocenters. The third kappa shape index (κ3) is 2.74. The van der Waals surface area contributed by atoms with E-state index in [1.165, 1.54) is 5.38 Å². The molecule has 5 nitrogen and oxygen atoms in total. The van der Waals surface area contributed by atoms with E-state index >= 15 is 0 Å². The summed E-state index contributed by atoms with van der Waals surface area (Å²) in [4.78, 5) is 26.3. The van der Waals surface area contributed by atoms with Crippen molar-refractivity contribution in [2.75, 3.05) is 5.32 Å². The van der Waals surface area contributed by atoms with Crippen LogP contribution >= 0.6 is 27.3 Å². The number of aromatic nitrogens is 1. The summed E-state index contributed by atoms with van der Waals surface area (Å²) in [5.41, 5.74) is 0.381. The highest BCUT2D eigenvalue weighted by atomic mass is 79.9. The molecule has 2 rings (SSSR count). The maximum Gasteiger partial charge on any atom is 0.355 e. The first-order valence-electron chi connectivity index (χ1n) is 4.82. The van der Waals surface area contributed by atoms with Crippen LogP contribution in [-0.2, 0) is 0 Å². The largest absolute Gasteiger partial charge is 0.476 e. The number of carbonyl (C=O) groups excluding carboxylic acids is 1. The average molecular weight is 327 g/mol. The summed E-state index contributed by atoms with van der Waals surface area (Å²) in [7, 11) is 0. The van der Waals surface area contributed by atoms with Gasteiger partial charge in [0.25, 0.3) is 5.91 Å². The number of carboxylic acid groups (broad SMARTS) is 1. The summed E-state index contributed by atoms with van der Waals surface area (Å²) in [6.45, 7) is 0. The summed E-state index contributed by atoms with van der Waals surface area (Å²) in [5.74, 6) is -1.46. The van der Waals surface area contributed by atoms with Crippen molar-refractivity contribution in [2.45, 2.75) is 0 Å². The zero-order chi connectivity index (χ0) is 13.1. The first-order chi connectivity index (χ1) is 8.58. The average Bonchev–Trinajstić information content (AvgIpc) is 2.78. The highest BCUT2D eigenvalue weighted by Gasteiger charge is 2.13. The van der Waals surface area contributed by atoms with Gasteiger partial charge in [0.2, 0.25) is 0 Å². The van der Waals surface area contributed by atoms with Crippen LogP contribution in [0.4, 0.5) is 5.13 Å². The molecule has 0 spiro atoms. The molecule has 1 aromatic heterocycles. The van der Waals surface area contributed by atoms with Crippen LogP contribution in [0.5, 0.6) is 0 Å². The Labute approximate surface area is 115 Å². The van der Waals surface area contributed by atoms with Gasteiger partial charge in [-0.1, -0.05) is 12.1 Å². The van der Waals surface area contributed by atoms with Crippen molar-refractivity contribution >= 4 is 44.3 Å². The lowest BCUT2D eigenvalue weighted by atomic mass is 10.2. The quantitative estimate of drug-likeness (QED) is 0.908. The Morgan fingerprint density at radius 1 is 1.33 bits per heavy atom. The SMILES string of the molecule is O=C(O)c1csc(NC(=O)c2ccccc2Br)n1. The van der Waals surface area contributed by atoms with E-state index in [2.05, 4.69) is 26.2 Å². The van der Waals surface area contributed by atoms with Gasteiger partial charge in [0.05, 0.1) is 5.56 Å². The Bertz CT molecular complexity index is 612. The molecule has 0 fully saturated rings. The molecular weight excluding hydrogens is 320 g/mol. The van der Waals surface area contributed by atoms with Gasteiger partial charge in [-0.3, -0.25) is 10.1 Å². The number of carboxylic acids is 1. The van der Waals surface area contributed by atoms with Crippen LogP contribution in [-0.4, -0.2) is 22.0 Å². The highest BCUT2D eigenvalue weighted by molar-refractivity contribution is 9.10. The molecule has 0 aliphatic carbocycles. The van der Waals surface area contributed by atoms with E-state index < -0.39 is 5.97 Å². The smallest absolute Gasteiger partial charge is 0.355 e. The molecule has 0 unspecified atom stereocenters. The van der Waals surface area contributed by atoms with Crippen molar-refractivity contribution in [1.29, 1.82) is 0 Å². The third-order valence-corrected chi connectivity index (χ3v) is 3.51. The van der Waals surface area contributed by atoms with E-state index in [9.17, 15) is 9.59 Å². The molecule has 92 valence electrons. The molecule has 0 saturated heterocycles. The van der Waals surface area contributed by atoms with Gasteiger partial charge >= 0.3 is 5.97 Å². The molecule has 1 aromatic carbocycles. The van der Waals surface area contributed by atoms with Crippen molar-refractivity contribution in [2.24, 2.45) is 0 Å². The number of nitrogens with one attached hydrogen (secondary N) is 1. The predicted molar refractivity (Wildman–Crippen MR) is 71.2 cm³/mol. The standard InChI is InChI=1S/C11H7BrN2O3S/c12-7-4-2-1-3-6(7)9(15)14-11-13-8(5-18-11)10(16)17/h1-5H,(H,16,17)(H,13,14,15). The normalized spacial score (nSPS) is 10.1. The van der Waals surface area contributed by atoms with Crippen molar-refractivity contribution in [3.63, 3.8) is 0 Å². The summed E-state index contributed by atoms with van der Waals surface area (Å²) >= 11 is 4.33. The Balaban J connectivity index is 2.16. The molecule has 0 aliphatic heterocycles. The molecule has 1 heterocycles. The van der Waals surface area contributed by atoms with Gasteiger partial charge in [0.1, 0.15) is 0 Å². The van der Waals surface area contributed by atoms with Crippen LogP contribution in [0.15, 0.2) is 34.1 Å². The van der Waals surface area contributed by atoms with Crippen molar-refractivity contribution in [1.82, 2.24) is 4.98 Å². The zero-order valence-corrected chi connectivity index (χ0v) is 11.3. The van der Waals surface area contributed by atoms with Gasteiger partial charge in [-0.2, -0.15) is 0 Å². The van der Waals surface area contributed by atoms with E-state index in [0.717, 1.165) is 11.3 Å². The first-order valence-corrected chi connectivity index (χ1v) is 6.50. The Morgan fingerprint density at radius 3 is 2.67 bits per heavy atom. The van der Waals surface area contributed by atoms with E-state index in [1.807, 2.05) is 0 Å². The minimum absolute atomic E-state index is 0.0811. The number of amides is 1. The van der Waals surface area contributed by atoms with Gasteiger partial charge in [-0.05, 0) is 28.1 Å². The monoisotopic (exact) mass is 326 g/mol. The topological polar surface area (TPSA) is 79.3 Å². The summed E-state index contributed by atoms with van der Waals surface area (Å²) in [5, 5.41) is 12.9. The number of aromatic carboxylic acids is 1. The van der Waals surface area contributed by atoms with Gasteiger partial charge in [-0.15, -0.1) is 11.3 Å². The van der Waals surface area contributed by atoms with Gasteiger partial charge in [-0.25, -0.2) is 9.78 Å². The lowest BCUT2D eigenvalue weighted by Crippen LogP contribution is -2.12. The predicted octanol–water partition coefficient (Wildman–Crippen LogP) is 2.86. The fourth-order valence-electron chi connectivity index (χ4n) is 1.24. The number of hydrogen-bond acceptors (Lipinski definition) is 4. The van der Waals surface area contributed by atoms with Crippen molar-refractivity contribution < 1.29 is 14.7 Å². The molecule has 18 heavy (non-hydrogen) atoms. The number of halogens is 1. The lowest BCUT2D eigenvalue weighted by Gasteiger charge is -2.03. The second-order valence-electron chi connectivity index (χ2n) is 3.28. The number of hydrogen-bond donors (Lipinski definition) is 2. The van der Waals surface area contributed by atoms with Crippen LogP contribution in [0, 0.1) is 0 Å². The second kappa shape index (κ2) is 5.28. The maximum atomic E-state index is 11.9. The molecule has 7 heteroatoms. The van der Waals surface area contributed by atoms with Gasteiger partial charge in [0.15, 0.2) is 10.8 Å². The maximum absolute atomic E-state index is 11.9. The van der Waals surface area contributed by atoms with Crippen LogP contribution in [0.1, 0.15) is 20.8 Å². The Kier molecular flexibility index (Phi) is 3.73. The fourth-order valence-corrected chi connectivity index (χ4v) is 2.38. The molecular formula is C11H7BrN2O3S. The fraction of sp³-hybridized carbons (Fsp3) is 0. The van der Waals surface area contributed by atoms with E-state index in [4.69, 9.17) is 5.11 Å². The lowest BCUT2D eigenvalue weighted by molar-refractivity contribution is 0.0691. The first kappa shape index (κ1) is 12.7. The van der Waals surface area contributed by atoms with Crippen LogP contribution < -0.4 is 5.32 Å². The number of benzene rings is 1. The van der Waals surface area contributed by atoms with E-state index in [0.29, 0.717) is 10.0 Å². The van der Waals surface area contributed by atoms with E-state index in [-0.39, 0.29) is 16.7 Å². The number of nitrogens with zero attached hydrogens (tertiary/aromatic N) is 1. The molecule has 1 amide bonds. The molecule has 0 bridgehead atoms. The third-order valence-electron chi connectivity index (χ3n) is 2.06. The molecule has 0 radical (unpaired) electrons. The minimum Gasteiger partial charge on any atom is -0.476 e. The highest BCUT2D eigenvalue weighted by Crippen LogP contribution is 2.20. The summed E-state index contributed by atoms with van der Waals surface area (Å²) in [6, 6.07) is 6.95. The Morgan fingerprint density at radius 2 is 2.06 bits per heavy atom. The van der Waals surface area contributed by atoms with Crippen LogP contribution in [0.2, 0.25) is 0 Å². The minimum atomic E-state index is -1.12. The molecule has 2 aromatic rings. The van der Waals surface area contributed by atoms with Gasteiger partial charge in [0, 0.05) is 9.85 Å².